The monoisotopic (exact) mass is 280 g/mol. The number of likely N-dealkylation sites (tertiary alicyclic amines) is 1. The van der Waals surface area contributed by atoms with Gasteiger partial charge in [0.15, 0.2) is 0 Å². The highest BCUT2D eigenvalue weighted by Crippen LogP contribution is 2.25. The van der Waals surface area contributed by atoms with Crippen LogP contribution in [0.2, 0.25) is 4.34 Å². The van der Waals surface area contributed by atoms with Crippen molar-refractivity contribution >= 4 is 35.3 Å². The molecule has 1 aromatic heterocycles. The summed E-state index contributed by atoms with van der Waals surface area (Å²) in [5.74, 6) is 0.677. The summed E-state index contributed by atoms with van der Waals surface area (Å²) in [6.07, 6.45) is 2.55. The summed E-state index contributed by atoms with van der Waals surface area (Å²) in [6, 6.07) is 2.12. The van der Waals surface area contributed by atoms with Crippen LogP contribution in [0.5, 0.6) is 0 Å². The summed E-state index contributed by atoms with van der Waals surface area (Å²) in [5.41, 5.74) is 6.98. The predicted octanol–water partition coefficient (Wildman–Crippen LogP) is 2.99. The van der Waals surface area contributed by atoms with Crippen molar-refractivity contribution in [2.45, 2.75) is 19.4 Å². The Labute approximate surface area is 112 Å². The molecule has 92 valence electrons. The molecule has 0 spiro atoms. The van der Waals surface area contributed by atoms with Crippen LogP contribution in [-0.2, 0) is 6.54 Å². The normalized spacial score (nSPS) is 21.8. The molecule has 16 heavy (non-hydrogen) atoms. The van der Waals surface area contributed by atoms with Gasteiger partial charge in [0.2, 0.25) is 0 Å². The van der Waals surface area contributed by atoms with E-state index in [0.29, 0.717) is 5.92 Å². The van der Waals surface area contributed by atoms with Crippen molar-refractivity contribution in [2.75, 3.05) is 19.6 Å². The molecule has 2 N–H and O–H groups in total. The third kappa shape index (κ3) is 3.60. The zero-order valence-electron chi connectivity index (χ0n) is 9.19. The summed E-state index contributed by atoms with van der Waals surface area (Å²) < 4.78 is 0.935. The molecule has 2 heterocycles. The highest BCUT2D eigenvalue weighted by Gasteiger charge is 2.19. The van der Waals surface area contributed by atoms with Gasteiger partial charge < -0.3 is 5.73 Å². The molecule has 1 fully saturated rings. The van der Waals surface area contributed by atoms with Gasteiger partial charge in [-0.3, -0.25) is 4.90 Å². The number of thiophene rings is 1. The number of piperidine rings is 1. The first-order chi connectivity index (χ1) is 7.29. The van der Waals surface area contributed by atoms with E-state index in [-0.39, 0.29) is 12.4 Å². The Morgan fingerprint density at radius 3 is 3.00 bits per heavy atom. The van der Waals surface area contributed by atoms with Crippen LogP contribution in [0.1, 0.15) is 18.4 Å². The largest absolute Gasteiger partial charge is 0.330 e. The first-order valence-electron chi connectivity index (χ1n) is 5.44. The molecule has 2 rings (SSSR count). The first-order valence-corrected chi connectivity index (χ1v) is 6.69. The van der Waals surface area contributed by atoms with Crippen LogP contribution in [-0.4, -0.2) is 24.5 Å². The maximum atomic E-state index is 6.10. The van der Waals surface area contributed by atoms with Crippen molar-refractivity contribution in [3.8, 4) is 0 Å². The Morgan fingerprint density at radius 1 is 1.56 bits per heavy atom. The minimum atomic E-state index is 0. The Bertz CT molecular complexity index is 317. The van der Waals surface area contributed by atoms with Gasteiger partial charge in [0, 0.05) is 13.1 Å². The molecule has 1 atom stereocenters. The molecular formula is C11H18Cl2N2S. The van der Waals surface area contributed by atoms with Crippen LogP contribution >= 0.6 is 35.3 Å². The first kappa shape index (κ1) is 14.3. The van der Waals surface area contributed by atoms with Gasteiger partial charge in [0.1, 0.15) is 0 Å². The van der Waals surface area contributed by atoms with Crippen molar-refractivity contribution in [3.63, 3.8) is 0 Å². The summed E-state index contributed by atoms with van der Waals surface area (Å²) in [5, 5.41) is 2.06. The van der Waals surface area contributed by atoms with Gasteiger partial charge in [0.05, 0.1) is 4.34 Å². The maximum Gasteiger partial charge on any atom is 0.0973 e. The quantitative estimate of drug-likeness (QED) is 0.923. The van der Waals surface area contributed by atoms with Gasteiger partial charge >= 0.3 is 0 Å². The molecule has 0 aromatic carbocycles. The Morgan fingerprint density at radius 2 is 2.38 bits per heavy atom. The molecule has 0 radical (unpaired) electrons. The molecule has 1 unspecified atom stereocenters. The number of hydrogen-bond donors (Lipinski definition) is 1. The van der Waals surface area contributed by atoms with Crippen molar-refractivity contribution < 1.29 is 0 Å². The summed E-state index contributed by atoms with van der Waals surface area (Å²) in [7, 11) is 0. The number of rotatable bonds is 3. The highest BCUT2D eigenvalue weighted by atomic mass is 35.5. The second-order valence-corrected chi connectivity index (χ2v) is 5.72. The van der Waals surface area contributed by atoms with E-state index in [0.717, 1.165) is 24.0 Å². The number of halogens is 2. The molecule has 1 aromatic rings. The molecule has 1 saturated heterocycles. The molecule has 0 amide bonds. The average molecular weight is 281 g/mol. The lowest BCUT2D eigenvalue weighted by atomic mass is 9.98. The van der Waals surface area contributed by atoms with Crippen LogP contribution in [0.15, 0.2) is 11.4 Å². The topological polar surface area (TPSA) is 29.3 Å². The van der Waals surface area contributed by atoms with Crippen LogP contribution < -0.4 is 5.73 Å². The van der Waals surface area contributed by atoms with E-state index in [9.17, 15) is 0 Å². The van der Waals surface area contributed by atoms with Crippen molar-refractivity contribution in [2.24, 2.45) is 11.7 Å². The minimum absolute atomic E-state index is 0. The van der Waals surface area contributed by atoms with Crippen molar-refractivity contribution in [1.82, 2.24) is 4.90 Å². The zero-order valence-corrected chi connectivity index (χ0v) is 11.6. The summed E-state index contributed by atoms with van der Waals surface area (Å²) >= 11 is 7.71. The second kappa shape index (κ2) is 6.82. The molecule has 0 saturated carbocycles. The Hall–Kier alpha value is 0.200. The van der Waals surface area contributed by atoms with Gasteiger partial charge in [0.25, 0.3) is 0 Å². The van der Waals surface area contributed by atoms with E-state index in [2.05, 4.69) is 16.3 Å². The minimum Gasteiger partial charge on any atom is -0.330 e. The molecule has 0 bridgehead atoms. The van der Waals surface area contributed by atoms with E-state index in [1.54, 1.807) is 11.3 Å². The van der Waals surface area contributed by atoms with E-state index in [1.165, 1.54) is 24.9 Å². The number of hydrogen-bond acceptors (Lipinski definition) is 3. The van der Waals surface area contributed by atoms with Gasteiger partial charge in [-0.15, -0.1) is 23.7 Å². The molecule has 0 aliphatic carbocycles. The standard InChI is InChI=1S/C11H17ClN2S.ClH/c12-11-10(3-5-15-11)8-14-4-1-2-9(6-13)7-14;/h3,5,9H,1-2,4,6-8,13H2;1H. The highest BCUT2D eigenvalue weighted by molar-refractivity contribution is 7.14. The van der Waals surface area contributed by atoms with Crippen LogP contribution in [0.4, 0.5) is 0 Å². The van der Waals surface area contributed by atoms with E-state index in [4.69, 9.17) is 17.3 Å². The predicted molar refractivity (Wildman–Crippen MR) is 73.6 cm³/mol. The number of nitrogens with zero attached hydrogens (tertiary/aromatic N) is 1. The molecule has 2 nitrogen and oxygen atoms in total. The summed E-state index contributed by atoms with van der Waals surface area (Å²) in [6.45, 7) is 4.11. The van der Waals surface area contributed by atoms with Crippen LogP contribution in [0.25, 0.3) is 0 Å². The van der Waals surface area contributed by atoms with Gasteiger partial charge in [-0.2, -0.15) is 0 Å². The van der Waals surface area contributed by atoms with E-state index >= 15 is 0 Å². The second-order valence-electron chi connectivity index (χ2n) is 4.20. The van der Waals surface area contributed by atoms with Crippen molar-refractivity contribution in [1.29, 1.82) is 0 Å². The lowest BCUT2D eigenvalue weighted by Crippen LogP contribution is -2.37. The van der Waals surface area contributed by atoms with Gasteiger partial charge in [-0.05, 0) is 48.9 Å². The average Bonchev–Trinajstić information content (AvgIpc) is 2.65. The number of nitrogens with two attached hydrogens (primary N) is 1. The Kier molecular flexibility index (Phi) is 6.08. The van der Waals surface area contributed by atoms with Gasteiger partial charge in [-0.1, -0.05) is 11.6 Å². The lowest BCUT2D eigenvalue weighted by Gasteiger charge is -2.31. The molecular weight excluding hydrogens is 263 g/mol. The fourth-order valence-corrected chi connectivity index (χ4v) is 3.07. The molecule has 5 heteroatoms. The lowest BCUT2D eigenvalue weighted by molar-refractivity contribution is 0.171. The zero-order chi connectivity index (χ0) is 10.7. The van der Waals surface area contributed by atoms with Gasteiger partial charge in [-0.25, -0.2) is 0 Å². The fraction of sp³-hybridized carbons (Fsp3) is 0.636. The van der Waals surface area contributed by atoms with E-state index < -0.39 is 0 Å². The Balaban J connectivity index is 0.00000128. The summed E-state index contributed by atoms with van der Waals surface area (Å²) in [4.78, 5) is 2.47. The molecule has 1 aliphatic rings. The third-order valence-electron chi connectivity index (χ3n) is 3.02. The SMILES string of the molecule is Cl.NCC1CCCN(Cc2ccsc2Cl)C1. The molecule has 1 aliphatic heterocycles. The third-order valence-corrected chi connectivity index (χ3v) is 4.27. The van der Waals surface area contributed by atoms with Crippen molar-refractivity contribution in [3.05, 3.63) is 21.3 Å². The smallest absolute Gasteiger partial charge is 0.0973 e. The fourth-order valence-electron chi connectivity index (χ4n) is 2.16. The van der Waals surface area contributed by atoms with Crippen LogP contribution in [0, 0.1) is 5.92 Å². The van der Waals surface area contributed by atoms with E-state index in [1.807, 2.05) is 0 Å². The maximum absolute atomic E-state index is 6.10. The van der Waals surface area contributed by atoms with Crippen LogP contribution in [0.3, 0.4) is 0 Å².